The number of carbonyl (C=O) groups excluding carboxylic acids is 2. The summed E-state index contributed by atoms with van der Waals surface area (Å²) < 4.78 is 0. The third-order valence-electron chi connectivity index (χ3n) is 3.48. The van der Waals surface area contributed by atoms with Crippen molar-refractivity contribution in [2.24, 2.45) is 0 Å². The van der Waals surface area contributed by atoms with Crippen LogP contribution in [-0.2, 0) is 0 Å². The average Bonchev–Trinajstić information content (AvgIpc) is 2.53. The lowest BCUT2D eigenvalue weighted by Gasteiger charge is -2.17. The molecule has 0 spiro atoms. The van der Waals surface area contributed by atoms with Gasteiger partial charge in [0.2, 0.25) is 0 Å². The summed E-state index contributed by atoms with van der Waals surface area (Å²) in [5, 5.41) is 9.16. The monoisotopic (exact) mass is 399 g/mol. The first-order valence-electron chi connectivity index (χ1n) is 7.36. The van der Waals surface area contributed by atoms with Gasteiger partial charge >= 0.3 is 6.03 Å². The Morgan fingerprint density at radius 3 is 2.32 bits per heavy atom. The molecule has 0 saturated heterocycles. The van der Waals surface area contributed by atoms with Crippen molar-refractivity contribution in [3.63, 3.8) is 0 Å². The van der Waals surface area contributed by atoms with E-state index in [9.17, 15) is 9.59 Å². The molecule has 3 amide bonds. The van der Waals surface area contributed by atoms with Gasteiger partial charge < -0.3 is 16.0 Å². The zero-order valence-electron chi connectivity index (χ0n) is 13.5. The van der Waals surface area contributed by atoms with Gasteiger partial charge in [0.25, 0.3) is 5.91 Å². The molecule has 8 heteroatoms. The van der Waals surface area contributed by atoms with Crippen molar-refractivity contribution in [1.82, 2.24) is 10.6 Å². The van der Waals surface area contributed by atoms with E-state index in [1.807, 2.05) is 0 Å². The molecular weight excluding hydrogens is 385 g/mol. The number of amides is 3. The Bertz CT molecular complexity index is 812. The first kappa shape index (κ1) is 19.4. The normalized spacial score (nSPS) is 11.6. The third-order valence-corrected chi connectivity index (χ3v) is 4.35. The molecule has 0 aliphatic carbocycles. The second kappa shape index (κ2) is 8.43. The quantitative estimate of drug-likeness (QED) is 0.684. The number of hydrogen-bond donors (Lipinski definition) is 3. The molecule has 0 saturated carbocycles. The first-order chi connectivity index (χ1) is 11.8. The standard InChI is InChI=1S/C17H16Cl3N3O2/c1-9(12-5-3-10(18)7-14(12)19)22-17(25)23-11-4-6-13(15(20)8-11)16(24)21-2/h3-9H,1-2H3,(H,21,24)(H2,22,23,25). The van der Waals surface area contributed by atoms with E-state index in [0.29, 0.717) is 21.3 Å². The van der Waals surface area contributed by atoms with E-state index in [-0.39, 0.29) is 17.0 Å². The summed E-state index contributed by atoms with van der Waals surface area (Å²) in [4.78, 5) is 23.8. The lowest BCUT2D eigenvalue weighted by atomic mass is 10.1. The largest absolute Gasteiger partial charge is 0.355 e. The second-order valence-corrected chi connectivity index (χ2v) is 6.51. The number of urea groups is 1. The second-order valence-electron chi connectivity index (χ2n) is 5.26. The van der Waals surface area contributed by atoms with E-state index >= 15 is 0 Å². The highest BCUT2D eigenvalue weighted by Crippen LogP contribution is 2.26. The fourth-order valence-corrected chi connectivity index (χ4v) is 3.04. The smallest absolute Gasteiger partial charge is 0.319 e. The van der Waals surface area contributed by atoms with Crippen molar-refractivity contribution in [3.05, 3.63) is 62.6 Å². The van der Waals surface area contributed by atoms with Crippen LogP contribution in [0, 0.1) is 0 Å². The molecule has 0 radical (unpaired) electrons. The van der Waals surface area contributed by atoms with E-state index in [2.05, 4.69) is 16.0 Å². The van der Waals surface area contributed by atoms with Crippen LogP contribution in [0.15, 0.2) is 36.4 Å². The van der Waals surface area contributed by atoms with Crippen molar-refractivity contribution < 1.29 is 9.59 Å². The molecule has 0 aliphatic rings. The van der Waals surface area contributed by atoms with E-state index in [1.54, 1.807) is 31.2 Å². The molecular formula is C17H16Cl3N3O2. The number of carbonyl (C=O) groups is 2. The zero-order valence-corrected chi connectivity index (χ0v) is 15.8. The van der Waals surface area contributed by atoms with Crippen molar-refractivity contribution in [2.45, 2.75) is 13.0 Å². The van der Waals surface area contributed by atoms with Gasteiger partial charge in [-0.15, -0.1) is 0 Å². The van der Waals surface area contributed by atoms with Crippen LogP contribution in [0.4, 0.5) is 10.5 Å². The van der Waals surface area contributed by atoms with Crippen LogP contribution in [-0.4, -0.2) is 19.0 Å². The van der Waals surface area contributed by atoms with E-state index < -0.39 is 6.03 Å². The van der Waals surface area contributed by atoms with Gasteiger partial charge in [0, 0.05) is 22.8 Å². The first-order valence-corrected chi connectivity index (χ1v) is 8.49. The van der Waals surface area contributed by atoms with Crippen LogP contribution in [0.5, 0.6) is 0 Å². The lowest BCUT2D eigenvalue weighted by molar-refractivity contribution is 0.0963. The predicted molar refractivity (Wildman–Crippen MR) is 102 cm³/mol. The molecule has 3 N–H and O–H groups in total. The molecule has 0 heterocycles. The summed E-state index contributed by atoms with van der Waals surface area (Å²) in [6.45, 7) is 1.80. The maximum atomic E-state index is 12.1. The van der Waals surface area contributed by atoms with Crippen LogP contribution in [0.25, 0.3) is 0 Å². The number of nitrogens with one attached hydrogen (secondary N) is 3. The molecule has 25 heavy (non-hydrogen) atoms. The summed E-state index contributed by atoms with van der Waals surface area (Å²) in [6, 6.07) is 8.96. The highest BCUT2D eigenvalue weighted by Gasteiger charge is 2.14. The van der Waals surface area contributed by atoms with E-state index in [1.165, 1.54) is 19.2 Å². The maximum absolute atomic E-state index is 12.1. The highest BCUT2D eigenvalue weighted by molar-refractivity contribution is 6.35. The zero-order chi connectivity index (χ0) is 18.6. The Hall–Kier alpha value is -1.95. The van der Waals surface area contributed by atoms with Gasteiger partial charge in [-0.05, 0) is 42.8 Å². The van der Waals surface area contributed by atoms with Gasteiger partial charge in [-0.25, -0.2) is 4.79 Å². The number of anilines is 1. The summed E-state index contributed by atoms with van der Waals surface area (Å²) in [5.74, 6) is -0.299. The maximum Gasteiger partial charge on any atom is 0.319 e. The highest BCUT2D eigenvalue weighted by atomic mass is 35.5. The Balaban J connectivity index is 2.04. The van der Waals surface area contributed by atoms with Crippen LogP contribution in [0.1, 0.15) is 28.9 Å². The molecule has 0 fully saturated rings. The number of halogens is 3. The van der Waals surface area contributed by atoms with Crippen LogP contribution < -0.4 is 16.0 Å². The van der Waals surface area contributed by atoms with Crippen molar-refractivity contribution in [2.75, 3.05) is 12.4 Å². The van der Waals surface area contributed by atoms with Crippen molar-refractivity contribution in [1.29, 1.82) is 0 Å². The molecule has 132 valence electrons. The Labute approximate surface area is 160 Å². The van der Waals surface area contributed by atoms with Crippen molar-refractivity contribution in [3.8, 4) is 0 Å². The van der Waals surface area contributed by atoms with Crippen LogP contribution >= 0.6 is 34.8 Å². The summed E-state index contributed by atoms with van der Waals surface area (Å²) in [6.07, 6.45) is 0. The number of rotatable bonds is 4. The van der Waals surface area contributed by atoms with Crippen LogP contribution in [0.2, 0.25) is 15.1 Å². The van der Waals surface area contributed by atoms with Gasteiger partial charge in [-0.3, -0.25) is 4.79 Å². The summed E-state index contributed by atoms with van der Waals surface area (Å²) >= 11 is 18.1. The fourth-order valence-electron chi connectivity index (χ4n) is 2.21. The number of benzene rings is 2. The van der Waals surface area contributed by atoms with Crippen LogP contribution in [0.3, 0.4) is 0 Å². The van der Waals surface area contributed by atoms with Gasteiger partial charge in [0.15, 0.2) is 0 Å². The SMILES string of the molecule is CNC(=O)c1ccc(NC(=O)NC(C)c2ccc(Cl)cc2Cl)cc1Cl. The van der Waals surface area contributed by atoms with Gasteiger partial charge in [-0.1, -0.05) is 40.9 Å². The third kappa shape index (κ3) is 5.01. The molecule has 0 bridgehead atoms. The topological polar surface area (TPSA) is 70.2 Å². The molecule has 2 aromatic rings. The average molecular weight is 401 g/mol. The van der Waals surface area contributed by atoms with E-state index in [4.69, 9.17) is 34.8 Å². The number of hydrogen-bond acceptors (Lipinski definition) is 2. The summed E-state index contributed by atoms with van der Waals surface area (Å²) in [7, 11) is 1.52. The van der Waals surface area contributed by atoms with Crippen molar-refractivity contribution >= 4 is 52.4 Å². The molecule has 2 aromatic carbocycles. The fraction of sp³-hybridized carbons (Fsp3) is 0.176. The molecule has 1 unspecified atom stereocenters. The Morgan fingerprint density at radius 2 is 1.72 bits per heavy atom. The lowest BCUT2D eigenvalue weighted by Crippen LogP contribution is -2.31. The molecule has 1 atom stereocenters. The molecule has 2 rings (SSSR count). The van der Waals surface area contributed by atoms with E-state index in [0.717, 1.165) is 5.56 Å². The Morgan fingerprint density at radius 1 is 1.00 bits per heavy atom. The van der Waals surface area contributed by atoms with Gasteiger partial charge in [0.05, 0.1) is 16.6 Å². The predicted octanol–water partition coefficient (Wildman–Crippen LogP) is 4.89. The molecule has 5 nitrogen and oxygen atoms in total. The Kier molecular flexibility index (Phi) is 6.53. The minimum Gasteiger partial charge on any atom is -0.355 e. The van der Waals surface area contributed by atoms with Gasteiger partial charge in [0.1, 0.15) is 0 Å². The minimum absolute atomic E-state index is 0.242. The minimum atomic E-state index is -0.428. The summed E-state index contributed by atoms with van der Waals surface area (Å²) in [5.41, 5.74) is 1.54. The van der Waals surface area contributed by atoms with Gasteiger partial charge in [-0.2, -0.15) is 0 Å². The molecule has 0 aromatic heterocycles. The molecule has 0 aliphatic heterocycles.